The van der Waals surface area contributed by atoms with Crippen LogP contribution in [-0.4, -0.2) is 59.8 Å². The van der Waals surface area contributed by atoms with Crippen molar-refractivity contribution in [3.8, 4) is 0 Å². The molecule has 134 valence electrons. The number of carbonyl (C=O) groups is 1. The molecular weight excluding hydrogens is 322 g/mol. The molecule has 2 aromatic heterocycles. The van der Waals surface area contributed by atoms with Gasteiger partial charge in [0, 0.05) is 38.3 Å². The highest BCUT2D eigenvalue weighted by Crippen LogP contribution is 2.27. The van der Waals surface area contributed by atoms with Gasteiger partial charge in [-0.15, -0.1) is 10.2 Å². The lowest BCUT2D eigenvalue weighted by molar-refractivity contribution is -0.0107. The third-order valence-corrected chi connectivity index (χ3v) is 4.08. The van der Waals surface area contributed by atoms with E-state index in [9.17, 15) is 4.79 Å². The van der Waals surface area contributed by atoms with E-state index in [2.05, 4.69) is 15.2 Å². The molecule has 0 saturated carbocycles. The van der Waals surface area contributed by atoms with Crippen molar-refractivity contribution in [1.82, 2.24) is 20.1 Å². The average molecular weight is 345 g/mol. The predicted molar refractivity (Wildman–Crippen MR) is 91.5 cm³/mol. The van der Waals surface area contributed by atoms with Crippen LogP contribution in [0.2, 0.25) is 0 Å². The Hall–Kier alpha value is -2.48. The Labute approximate surface area is 146 Å². The summed E-state index contributed by atoms with van der Waals surface area (Å²) in [7, 11) is 3.78. The molecule has 0 N–H and O–H groups in total. The maximum Gasteiger partial charge on any atom is 0.254 e. The van der Waals surface area contributed by atoms with Gasteiger partial charge in [0.2, 0.25) is 11.8 Å². The third kappa shape index (κ3) is 3.63. The van der Waals surface area contributed by atoms with Crippen molar-refractivity contribution in [2.24, 2.45) is 0 Å². The highest BCUT2D eigenvalue weighted by molar-refractivity contribution is 5.95. The number of pyridine rings is 1. The van der Waals surface area contributed by atoms with Crippen molar-refractivity contribution in [2.45, 2.75) is 25.8 Å². The van der Waals surface area contributed by atoms with Gasteiger partial charge in [-0.05, 0) is 12.1 Å². The Bertz CT molecular complexity index is 743. The van der Waals surface area contributed by atoms with Gasteiger partial charge >= 0.3 is 0 Å². The van der Waals surface area contributed by atoms with Gasteiger partial charge in [0.05, 0.1) is 13.2 Å². The number of nitrogens with zero attached hydrogens (tertiary/aromatic N) is 5. The summed E-state index contributed by atoms with van der Waals surface area (Å²) in [6, 6.07) is 3.12. The van der Waals surface area contributed by atoms with Crippen LogP contribution in [0.5, 0.6) is 0 Å². The summed E-state index contributed by atoms with van der Waals surface area (Å²) in [4.78, 5) is 20.9. The number of amides is 1. The number of anilines is 1. The zero-order valence-corrected chi connectivity index (χ0v) is 15.0. The van der Waals surface area contributed by atoms with E-state index >= 15 is 0 Å². The van der Waals surface area contributed by atoms with Crippen molar-refractivity contribution in [1.29, 1.82) is 0 Å². The normalized spacial score (nSPS) is 17.8. The van der Waals surface area contributed by atoms with Crippen LogP contribution in [0.15, 0.2) is 22.7 Å². The van der Waals surface area contributed by atoms with Crippen LogP contribution >= 0.6 is 0 Å². The molecule has 0 radical (unpaired) electrons. The van der Waals surface area contributed by atoms with E-state index in [0.29, 0.717) is 37.1 Å². The molecule has 0 bridgehead atoms. The molecule has 3 rings (SSSR count). The van der Waals surface area contributed by atoms with Gasteiger partial charge in [0.1, 0.15) is 11.9 Å². The first-order chi connectivity index (χ1) is 12.0. The van der Waals surface area contributed by atoms with E-state index < -0.39 is 0 Å². The zero-order chi connectivity index (χ0) is 18.0. The second-order valence-corrected chi connectivity index (χ2v) is 6.52. The first-order valence-corrected chi connectivity index (χ1v) is 8.32. The Balaban J connectivity index is 1.87. The number of rotatable bonds is 4. The number of hydrogen-bond acceptors (Lipinski definition) is 7. The maximum atomic E-state index is 13.0. The summed E-state index contributed by atoms with van der Waals surface area (Å²) in [6.45, 7) is 5.27. The van der Waals surface area contributed by atoms with E-state index in [4.69, 9.17) is 9.15 Å². The predicted octanol–water partition coefficient (Wildman–Crippen LogP) is 1.87. The lowest BCUT2D eigenvalue weighted by Crippen LogP contribution is -2.43. The topological polar surface area (TPSA) is 84.6 Å². The van der Waals surface area contributed by atoms with Crippen LogP contribution in [-0.2, 0) is 4.74 Å². The van der Waals surface area contributed by atoms with E-state index in [1.165, 1.54) is 0 Å². The molecule has 1 unspecified atom stereocenters. The first-order valence-electron chi connectivity index (χ1n) is 8.32. The van der Waals surface area contributed by atoms with E-state index in [0.717, 1.165) is 5.82 Å². The number of carbonyl (C=O) groups excluding carboxylic acids is 1. The molecule has 0 aromatic carbocycles. The van der Waals surface area contributed by atoms with Crippen LogP contribution in [0.25, 0.3) is 0 Å². The SMILES string of the molecule is CC(C)c1nnc(C2COCCN2C(=O)c2ccnc(N(C)C)c2)o1. The first kappa shape index (κ1) is 17.3. The molecule has 1 atom stereocenters. The summed E-state index contributed by atoms with van der Waals surface area (Å²) < 4.78 is 11.3. The second-order valence-electron chi connectivity index (χ2n) is 6.52. The maximum absolute atomic E-state index is 13.0. The number of hydrogen-bond donors (Lipinski definition) is 0. The van der Waals surface area contributed by atoms with Crippen LogP contribution in [0.1, 0.15) is 47.9 Å². The Morgan fingerprint density at radius 1 is 1.36 bits per heavy atom. The van der Waals surface area contributed by atoms with Crippen LogP contribution in [0, 0.1) is 0 Å². The van der Waals surface area contributed by atoms with Gasteiger partial charge in [-0.3, -0.25) is 4.79 Å². The van der Waals surface area contributed by atoms with E-state index in [1.54, 1.807) is 23.2 Å². The largest absolute Gasteiger partial charge is 0.423 e. The van der Waals surface area contributed by atoms with Crippen molar-refractivity contribution >= 4 is 11.7 Å². The fourth-order valence-corrected chi connectivity index (χ4v) is 2.63. The molecule has 2 aromatic rings. The highest BCUT2D eigenvalue weighted by Gasteiger charge is 2.33. The molecule has 0 aliphatic carbocycles. The van der Waals surface area contributed by atoms with Crippen molar-refractivity contribution < 1.29 is 13.9 Å². The molecule has 1 aliphatic rings. The summed E-state index contributed by atoms with van der Waals surface area (Å²) in [5, 5.41) is 8.19. The van der Waals surface area contributed by atoms with Crippen molar-refractivity contribution in [3.05, 3.63) is 35.7 Å². The number of morpholine rings is 1. The lowest BCUT2D eigenvalue weighted by atomic mass is 10.1. The fraction of sp³-hybridized carbons (Fsp3) is 0.529. The van der Waals surface area contributed by atoms with Crippen molar-refractivity contribution in [3.63, 3.8) is 0 Å². The molecule has 1 aliphatic heterocycles. The minimum Gasteiger partial charge on any atom is -0.423 e. The second kappa shape index (κ2) is 7.18. The molecule has 8 heteroatoms. The molecule has 8 nitrogen and oxygen atoms in total. The monoisotopic (exact) mass is 345 g/mol. The lowest BCUT2D eigenvalue weighted by Gasteiger charge is -2.33. The fourth-order valence-electron chi connectivity index (χ4n) is 2.63. The summed E-state index contributed by atoms with van der Waals surface area (Å²) in [5.74, 6) is 1.75. The van der Waals surface area contributed by atoms with Crippen LogP contribution in [0.4, 0.5) is 5.82 Å². The van der Waals surface area contributed by atoms with Gasteiger partial charge in [-0.1, -0.05) is 13.8 Å². The van der Waals surface area contributed by atoms with Gasteiger partial charge in [0.15, 0.2) is 0 Å². The van der Waals surface area contributed by atoms with Gasteiger partial charge in [-0.2, -0.15) is 0 Å². The average Bonchev–Trinajstić information content (AvgIpc) is 3.11. The Morgan fingerprint density at radius 2 is 2.16 bits per heavy atom. The van der Waals surface area contributed by atoms with Crippen LogP contribution < -0.4 is 4.90 Å². The Morgan fingerprint density at radius 3 is 2.84 bits per heavy atom. The molecule has 1 saturated heterocycles. The van der Waals surface area contributed by atoms with Gasteiger partial charge in [-0.25, -0.2) is 4.98 Å². The van der Waals surface area contributed by atoms with Gasteiger partial charge < -0.3 is 19.0 Å². The van der Waals surface area contributed by atoms with E-state index in [1.807, 2.05) is 32.8 Å². The van der Waals surface area contributed by atoms with Gasteiger partial charge in [0.25, 0.3) is 5.91 Å². The molecule has 3 heterocycles. The minimum atomic E-state index is -0.378. The molecular formula is C17H23N5O3. The molecule has 0 spiro atoms. The highest BCUT2D eigenvalue weighted by atomic mass is 16.5. The quantitative estimate of drug-likeness (QED) is 0.836. The number of aromatic nitrogens is 3. The van der Waals surface area contributed by atoms with Crippen LogP contribution in [0.3, 0.4) is 0 Å². The summed E-state index contributed by atoms with van der Waals surface area (Å²) >= 11 is 0. The number of ether oxygens (including phenoxy) is 1. The summed E-state index contributed by atoms with van der Waals surface area (Å²) in [6.07, 6.45) is 1.64. The van der Waals surface area contributed by atoms with Crippen molar-refractivity contribution in [2.75, 3.05) is 38.8 Å². The summed E-state index contributed by atoms with van der Waals surface area (Å²) in [5.41, 5.74) is 0.578. The van der Waals surface area contributed by atoms with E-state index in [-0.39, 0.29) is 17.9 Å². The molecule has 25 heavy (non-hydrogen) atoms. The molecule has 1 amide bonds. The Kier molecular flexibility index (Phi) is 4.98. The smallest absolute Gasteiger partial charge is 0.254 e. The molecule has 1 fully saturated rings. The standard InChI is InChI=1S/C17H23N5O3/c1-11(2)15-19-20-16(25-15)13-10-24-8-7-22(13)17(23)12-5-6-18-14(9-12)21(3)4/h5-6,9,11,13H,7-8,10H2,1-4H3. The zero-order valence-electron chi connectivity index (χ0n) is 15.0. The minimum absolute atomic E-state index is 0.0944. The third-order valence-electron chi connectivity index (χ3n) is 4.08.